The molecule has 0 radical (unpaired) electrons. The minimum atomic E-state index is -2.67. The standard InChI is InChI=1S/C27H36N4O8/c1-29(2)15-11-16(31-5-7-39-8-6-31)21(32)18-13(15)9-12-10-14-20(30(3)4)23(34)19(26(28)37)25(36)27(14,38)24(35)17(12)22(18)33/h11-12,14,19-20,23,32-34,38H,5-10H2,1-4H3,(H2,28,37)/t12-,14-,19?,20-,23?,27-/m0/s1. The lowest BCUT2D eigenvalue weighted by atomic mass is 9.54. The van der Waals surface area contributed by atoms with Gasteiger partial charge in [-0.2, -0.15) is 0 Å². The van der Waals surface area contributed by atoms with Gasteiger partial charge in [-0.15, -0.1) is 0 Å². The average molecular weight is 545 g/mol. The van der Waals surface area contributed by atoms with Crippen molar-refractivity contribution in [3.8, 4) is 5.75 Å². The normalized spacial score (nSPS) is 32.6. The molecular formula is C27H36N4O8. The lowest BCUT2D eigenvalue weighted by Gasteiger charge is -2.53. The number of carbonyl (C=O) groups excluding carboxylic acids is 3. The molecule has 1 aliphatic heterocycles. The number of aliphatic hydroxyl groups is 3. The van der Waals surface area contributed by atoms with Gasteiger partial charge in [-0.3, -0.25) is 14.4 Å². The van der Waals surface area contributed by atoms with Gasteiger partial charge >= 0.3 is 0 Å². The van der Waals surface area contributed by atoms with Crippen molar-refractivity contribution >= 4 is 34.6 Å². The van der Waals surface area contributed by atoms with E-state index >= 15 is 0 Å². The van der Waals surface area contributed by atoms with Crippen molar-refractivity contribution < 1.29 is 39.5 Å². The number of carbonyl (C=O) groups is 3. The summed E-state index contributed by atoms with van der Waals surface area (Å²) in [5.41, 5.74) is 4.55. The van der Waals surface area contributed by atoms with Crippen LogP contribution < -0.4 is 15.5 Å². The Balaban J connectivity index is 1.70. The number of phenolic OH excluding ortho intramolecular Hbond substituents is 1. The maximum absolute atomic E-state index is 14.0. The SMILES string of the molecule is CN(C)c1cc(N2CCOCC2)c(O)c2c1C[C@H]1C[C@H]3[C@H](N(C)C)C(O)C(C(N)=O)C(=O)[C@@]3(O)C(=O)C1=C2O. The van der Waals surface area contributed by atoms with Crippen LogP contribution in [0.15, 0.2) is 11.6 Å². The number of benzene rings is 1. The molecule has 2 unspecified atom stereocenters. The topological polar surface area (TPSA) is 177 Å². The zero-order valence-corrected chi connectivity index (χ0v) is 22.5. The van der Waals surface area contributed by atoms with Crippen LogP contribution in [-0.4, -0.2) is 115 Å². The average Bonchev–Trinajstić information content (AvgIpc) is 2.86. The number of phenols is 1. The number of aromatic hydroxyl groups is 1. The van der Waals surface area contributed by atoms with Gasteiger partial charge in [-0.25, -0.2) is 0 Å². The van der Waals surface area contributed by atoms with Gasteiger partial charge in [0.1, 0.15) is 17.4 Å². The van der Waals surface area contributed by atoms with Crippen LogP contribution in [0, 0.1) is 17.8 Å². The number of fused-ring (bicyclic) bond motifs is 3. The number of hydrogen-bond acceptors (Lipinski definition) is 11. The van der Waals surface area contributed by atoms with Crippen LogP contribution in [0.25, 0.3) is 5.76 Å². The van der Waals surface area contributed by atoms with E-state index in [-0.39, 0.29) is 29.7 Å². The number of likely N-dealkylation sites (N-methyl/N-ethyl adjacent to an activating group) is 1. The van der Waals surface area contributed by atoms with Gasteiger partial charge in [-0.1, -0.05) is 0 Å². The molecule has 0 bridgehead atoms. The molecule has 212 valence electrons. The number of nitrogens with two attached hydrogens (primary N) is 1. The Morgan fingerprint density at radius 3 is 2.36 bits per heavy atom. The first kappa shape index (κ1) is 27.4. The van der Waals surface area contributed by atoms with Crippen molar-refractivity contribution in [2.24, 2.45) is 23.5 Å². The highest BCUT2D eigenvalue weighted by Gasteiger charge is 2.67. The van der Waals surface area contributed by atoms with Gasteiger partial charge in [0, 0.05) is 50.4 Å². The maximum Gasteiger partial charge on any atom is 0.230 e. The molecule has 12 nitrogen and oxygen atoms in total. The summed E-state index contributed by atoms with van der Waals surface area (Å²) in [6.45, 7) is 1.99. The first-order chi connectivity index (χ1) is 18.3. The minimum Gasteiger partial charge on any atom is -0.507 e. The van der Waals surface area contributed by atoms with Gasteiger partial charge in [-0.05, 0) is 44.5 Å². The van der Waals surface area contributed by atoms with Crippen LogP contribution in [0.2, 0.25) is 0 Å². The summed E-state index contributed by atoms with van der Waals surface area (Å²) >= 11 is 0. The first-order valence-electron chi connectivity index (χ1n) is 13.1. The Labute approximate surface area is 226 Å². The Bertz CT molecular complexity index is 1270. The highest BCUT2D eigenvalue weighted by Crippen LogP contribution is 2.54. The molecule has 0 aromatic heterocycles. The molecule has 5 rings (SSSR count). The number of morpholine rings is 1. The molecule has 1 aromatic carbocycles. The second-order valence-electron chi connectivity index (χ2n) is 11.4. The predicted molar refractivity (Wildman–Crippen MR) is 141 cm³/mol. The summed E-state index contributed by atoms with van der Waals surface area (Å²) in [6, 6.07) is 0.928. The van der Waals surface area contributed by atoms with Gasteiger partial charge in [0.05, 0.1) is 30.6 Å². The van der Waals surface area contributed by atoms with E-state index in [1.807, 2.05) is 30.0 Å². The van der Waals surface area contributed by atoms with E-state index in [4.69, 9.17) is 10.5 Å². The second kappa shape index (κ2) is 9.47. The quantitative estimate of drug-likeness (QED) is 0.295. The highest BCUT2D eigenvalue weighted by molar-refractivity contribution is 6.25. The molecule has 3 fully saturated rings. The number of rotatable bonds is 4. The number of anilines is 2. The number of nitrogens with zero attached hydrogens (tertiary/aromatic N) is 3. The number of ether oxygens (including phenoxy) is 1. The maximum atomic E-state index is 14.0. The van der Waals surface area contributed by atoms with Crippen molar-refractivity contribution in [1.82, 2.24) is 4.90 Å². The summed E-state index contributed by atoms with van der Waals surface area (Å²) in [4.78, 5) is 45.1. The number of hydrogen-bond donors (Lipinski definition) is 5. The lowest BCUT2D eigenvalue weighted by Crippen LogP contribution is -2.73. The molecular weight excluding hydrogens is 508 g/mol. The summed E-state index contributed by atoms with van der Waals surface area (Å²) < 4.78 is 5.44. The first-order valence-corrected chi connectivity index (χ1v) is 13.1. The van der Waals surface area contributed by atoms with Gasteiger partial charge in [0.15, 0.2) is 11.4 Å². The molecule has 2 saturated carbocycles. The Kier molecular flexibility index (Phi) is 6.65. The number of Topliss-reactive ketones (excluding diaryl/α,β-unsaturated/α-hetero) is 2. The van der Waals surface area contributed by atoms with Gasteiger partial charge < -0.3 is 45.6 Å². The van der Waals surface area contributed by atoms with E-state index in [1.165, 1.54) is 0 Å². The molecule has 1 heterocycles. The second-order valence-corrected chi connectivity index (χ2v) is 11.4. The summed E-state index contributed by atoms with van der Waals surface area (Å²) in [5.74, 6) is -7.47. The summed E-state index contributed by atoms with van der Waals surface area (Å²) in [5, 5.41) is 45.8. The molecule has 39 heavy (non-hydrogen) atoms. The number of ketones is 2. The van der Waals surface area contributed by atoms with Crippen LogP contribution in [0.3, 0.4) is 0 Å². The molecule has 1 amide bonds. The third kappa shape index (κ3) is 3.84. The van der Waals surface area contributed by atoms with E-state index in [1.54, 1.807) is 19.0 Å². The largest absolute Gasteiger partial charge is 0.507 e. The number of aliphatic hydroxyl groups excluding tert-OH is 2. The highest BCUT2D eigenvalue weighted by atomic mass is 16.5. The fraction of sp³-hybridized carbons (Fsp3) is 0.593. The third-order valence-corrected chi connectivity index (χ3v) is 8.88. The summed E-state index contributed by atoms with van der Waals surface area (Å²) in [7, 11) is 6.94. The number of amides is 1. The van der Waals surface area contributed by atoms with Crippen LogP contribution in [0.4, 0.5) is 11.4 Å². The van der Waals surface area contributed by atoms with Crippen LogP contribution in [-0.2, 0) is 25.5 Å². The van der Waals surface area contributed by atoms with E-state index < -0.39 is 58.7 Å². The van der Waals surface area contributed by atoms with Crippen LogP contribution in [0.5, 0.6) is 5.75 Å². The van der Waals surface area contributed by atoms with E-state index in [0.29, 0.717) is 37.6 Å². The van der Waals surface area contributed by atoms with Crippen molar-refractivity contribution in [3.05, 3.63) is 22.8 Å². The van der Waals surface area contributed by atoms with Crippen LogP contribution >= 0.6 is 0 Å². The third-order valence-electron chi connectivity index (χ3n) is 8.88. The molecule has 6 N–H and O–H groups in total. The van der Waals surface area contributed by atoms with E-state index in [2.05, 4.69) is 0 Å². The fourth-order valence-corrected chi connectivity index (χ4v) is 7.08. The lowest BCUT2D eigenvalue weighted by molar-refractivity contribution is -0.184. The Morgan fingerprint density at radius 1 is 1.15 bits per heavy atom. The fourth-order valence-electron chi connectivity index (χ4n) is 7.08. The minimum absolute atomic E-state index is 0.0804. The van der Waals surface area contributed by atoms with Gasteiger partial charge in [0.25, 0.3) is 0 Å². The molecule has 12 heteroatoms. The Hall–Kier alpha value is -3.19. The van der Waals surface area contributed by atoms with Gasteiger partial charge in [0.2, 0.25) is 11.7 Å². The predicted octanol–water partition coefficient (Wildman–Crippen LogP) is -0.968. The van der Waals surface area contributed by atoms with Crippen molar-refractivity contribution in [3.63, 3.8) is 0 Å². The molecule has 6 atom stereocenters. The smallest absolute Gasteiger partial charge is 0.230 e. The molecule has 1 saturated heterocycles. The van der Waals surface area contributed by atoms with E-state index in [9.17, 15) is 34.8 Å². The van der Waals surface area contributed by atoms with Crippen molar-refractivity contribution in [2.75, 3.05) is 64.3 Å². The summed E-state index contributed by atoms with van der Waals surface area (Å²) in [6.07, 6.45) is -1.19. The molecule has 4 aliphatic rings. The molecule has 0 spiro atoms. The zero-order chi connectivity index (χ0) is 28.5. The molecule has 1 aromatic rings. The van der Waals surface area contributed by atoms with Crippen LogP contribution in [0.1, 0.15) is 17.5 Å². The van der Waals surface area contributed by atoms with Crippen molar-refractivity contribution in [2.45, 2.75) is 30.6 Å². The molecule has 3 aliphatic carbocycles. The number of primary amides is 1. The van der Waals surface area contributed by atoms with Crippen molar-refractivity contribution in [1.29, 1.82) is 0 Å². The zero-order valence-electron chi connectivity index (χ0n) is 22.5. The van der Waals surface area contributed by atoms with E-state index in [0.717, 1.165) is 5.69 Å². The Morgan fingerprint density at radius 2 is 1.79 bits per heavy atom. The monoisotopic (exact) mass is 544 g/mol.